The Labute approximate surface area is 104 Å². The summed E-state index contributed by atoms with van der Waals surface area (Å²) in [6, 6.07) is 4.73. The van der Waals surface area contributed by atoms with Crippen LogP contribution < -0.4 is 5.32 Å². The highest BCUT2D eigenvalue weighted by atomic mass is 32.1. The number of anilines is 1. The number of thiazole rings is 1. The van der Waals surface area contributed by atoms with E-state index in [9.17, 15) is 4.39 Å². The molecule has 1 N–H and O–H groups in total. The first-order chi connectivity index (χ1) is 8.06. The standard InChI is InChI=1S/C12H14FN3S/c1-7(12-8(2)17-9(3)15-12)14-11-6-4-5-10(13)16-11/h4-7H,1-3H3,(H,14,16). The molecule has 90 valence electrons. The van der Waals surface area contributed by atoms with Crippen molar-refractivity contribution in [3.8, 4) is 0 Å². The lowest BCUT2D eigenvalue weighted by Crippen LogP contribution is -2.09. The maximum absolute atomic E-state index is 12.9. The Morgan fingerprint density at radius 2 is 2.06 bits per heavy atom. The molecule has 0 saturated carbocycles. The highest BCUT2D eigenvalue weighted by Gasteiger charge is 2.13. The minimum atomic E-state index is -0.478. The average Bonchev–Trinajstić information content (AvgIpc) is 2.58. The van der Waals surface area contributed by atoms with Crippen molar-refractivity contribution in [2.75, 3.05) is 5.32 Å². The normalized spacial score (nSPS) is 12.5. The summed E-state index contributed by atoms with van der Waals surface area (Å²) in [7, 11) is 0. The van der Waals surface area contributed by atoms with Crippen LogP contribution in [0.4, 0.5) is 10.2 Å². The van der Waals surface area contributed by atoms with Crippen molar-refractivity contribution in [3.63, 3.8) is 0 Å². The molecular formula is C12H14FN3S. The second-order valence-corrected chi connectivity index (χ2v) is 5.29. The van der Waals surface area contributed by atoms with Crippen LogP contribution in [0.3, 0.4) is 0 Å². The Kier molecular flexibility index (Phi) is 3.38. The van der Waals surface area contributed by atoms with Gasteiger partial charge in [0.1, 0.15) is 5.82 Å². The molecule has 2 rings (SSSR count). The number of aromatic nitrogens is 2. The number of nitrogens with one attached hydrogen (secondary N) is 1. The SMILES string of the molecule is Cc1nc(C(C)Nc2cccc(F)n2)c(C)s1. The van der Waals surface area contributed by atoms with Gasteiger partial charge >= 0.3 is 0 Å². The van der Waals surface area contributed by atoms with Crippen LogP contribution in [0.25, 0.3) is 0 Å². The fraction of sp³-hybridized carbons (Fsp3) is 0.333. The van der Waals surface area contributed by atoms with E-state index in [1.807, 2.05) is 20.8 Å². The minimum Gasteiger partial charge on any atom is -0.362 e. The second kappa shape index (κ2) is 4.79. The van der Waals surface area contributed by atoms with E-state index >= 15 is 0 Å². The van der Waals surface area contributed by atoms with E-state index in [1.54, 1.807) is 23.5 Å². The summed E-state index contributed by atoms with van der Waals surface area (Å²) in [5.74, 6) is 0.0518. The first-order valence-electron chi connectivity index (χ1n) is 5.39. The van der Waals surface area contributed by atoms with Gasteiger partial charge in [0.05, 0.1) is 16.7 Å². The highest BCUT2D eigenvalue weighted by Crippen LogP contribution is 2.24. The molecule has 0 aromatic carbocycles. The number of halogens is 1. The van der Waals surface area contributed by atoms with Crippen LogP contribution in [0.2, 0.25) is 0 Å². The van der Waals surface area contributed by atoms with Gasteiger partial charge in [-0.1, -0.05) is 6.07 Å². The fourth-order valence-corrected chi connectivity index (χ4v) is 2.64. The van der Waals surface area contributed by atoms with E-state index in [0.717, 1.165) is 10.7 Å². The summed E-state index contributed by atoms with van der Waals surface area (Å²) < 4.78 is 12.9. The number of hydrogen-bond acceptors (Lipinski definition) is 4. The fourth-order valence-electron chi connectivity index (χ4n) is 1.73. The van der Waals surface area contributed by atoms with E-state index in [0.29, 0.717) is 5.82 Å². The lowest BCUT2D eigenvalue weighted by molar-refractivity contribution is 0.584. The minimum absolute atomic E-state index is 0.0225. The molecule has 2 aromatic rings. The molecule has 0 radical (unpaired) electrons. The van der Waals surface area contributed by atoms with Crippen LogP contribution in [0.1, 0.15) is 28.5 Å². The number of nitrogens with zero attached hydrogens (tertiary/aromatic N) is 2. The van der Waals surface area contributed by atoms with Gasteiger partial charge in [-0.25, -0.2) is 9.97 Å². The number of rotatable bonds is 3. The first-order valence-corrected chi connectivity index (χ1v) is 6.21. The Hall–Kier alpha value is -1.49. The summed E-state index contributed by atoms with van der Waals surface area (Å²) in [4.78, 5) is 9.42. The molecular weight excluding hydrogens is 237 g/mol. The smallest absolute Gasteiger partial charge is 0.214 e. The zero-order valence-electron chi connectivity index (χ0n) is 9.99. The van der Waals surface area contributed by atoms with Crippen molar-refractivity contribution in [1.29, 1.82) is 0 Å². The average molecular weight is 251 g/mol. The van der Waals surface area contributed by atoms with E-state index in [-0.39, 0.29) is 6.04 Å². The number of hydrogen-bond donors (Lipinski definition) is 1. The summed E-state index contributed by atoms with van der Waals surface area (Å²) in [6.45, 7) is 6.01. The van der Waals surface area contributed by atoms with Crippen molar-refractivity contribution in [1.82, 2.24) is 9.97 Å². The molecule has 0 aliphatic heterocycles. The molecule has 1 atom stereocenters. The molecule has 0 fully saturated rings. The first kappa shape index (κ1) is 12.0. The monoisotopic (exact) mass is 251 g/mol. The summed E-state index contributed by atoms with van der Waals surface area (Å²) in [5, 5.41) is 4.19. The van der Waals surface area contributed by atoms with E-state index in [4.69, 9.17) is 0 Å². The van der Waals surface area contributed by atoms with Gasteiger partial charge in [0.25, 0.3) is 0 Å². The maximum atomic E-state index is 12.9. The molecule has 0 aliphatic rings. The van der Waals surface area contributed by atoms with Crippen LogP contribution in [0, 0.1) is 19.8 Å². The number of aryl methyl sites for hydroxylation is 2. The van der Waals surface area contributed by atoms with Gasteiger partial charge in [-0.2, -0.15) is 4.39 Å². The molecule has 5 heteroatoms. The summed E-state index contributed by atoms with van der Waals surface area (Å²) >= 11 is 1.67. The van der Waals surface area contributed by atoms with Crippen molar-refractivity contribution in [3.05, 3.63) is 39.7 Å². The third-order valence-electron chi connectivity index (χ3n) is 2.43. The largest absolute Gasteiger partial charge is 0.362 e. The number of pyridine rings is 1. The predicted octanol–water partition coefficient (Wildman–Crippen LogP) is 3.47. The molecule has 0 saturated heterocycles. The molecule has 17 heavy (non-hydrogen) atoms. The van der Waals surface area contributed by atoms with Crippen molar-refractivity contribution in [2.24, 2.45) is 0 Å². The third-order valence-corrected chi connectivity index (χ3v) is 3.33. The van der Waals surface area contributed by atoms with Gasteiger partial charge in [-0.3, -0.25) is 0 Å². The lowest BCUT2D eigenvalue weighted by atomic mass is 10.2. The zero-order chi connectivity index (χ0) is 12.4. The van der Waals surface area contributed by atoms with Gasteiger partial charge < -0.3 is 5.32 Å². The molecule has 0 bridgehead atoms. The van der Waals surface area contributed by atoms with Crippen LogP contribution in [0.5, 0.6) is 0 Å². The van der Waals surface area contributed by atoms with Crippen LogP contribution in [0.15, 0.2) is 18.2 Å². The summed E-state index contributed by atoms with van der Waals surface area (Å²) in [6.07, 6.45) is 0. The van der Waals surface area contributed by atoms with Crippen molar-refractivity contribution >= 4 is 17.2 Å². The van der Waals surface area contributed by atoms with E-state index in [1.165, 1.54) is 10.9 Å². The molecule has 0 spiro atoms. The summed E-state index contributed by atoms with van der Waals surface area (Å²) in [5.41, 5.74) is 0.999. The molecule has 2 heterocycles. The lowest BCUT2D eigenvalue weighted by Gasteiger charge is -2.13. The van der Waals surface area contributed by atoms with Crippen molar-refractivity contribution < 1.29 is 4.39 Å². The molecule has 2 aromatic heterocycles. The van der Waals surface area contributed by atoms with Gasteiger partial charge in [-0.05, 0) is 32.9 Å². The predicted molar refractivity (Wildman–Crippen MR) is 67.8 cm³/mol. The van der Waals surface area contributed by atoms with E-state index in [2.05, 4.69) is 15.3 Å². The zero-order valence-corrected chi connectivity index (χ0v) is 10.8. The molecule has 3 nitrogen and oxygen atoms in total. The molecule has 0 amide bonds. The second-order valence-electron chi connectivity index (χ2n) is 3.89. The van der Waals surface area contributed by atoms with Gasteiger partial charge in [0, 0.05) is 4.88 Å². The van der Waals surface area contributed by atoms with Crippen molar-refractivity contribution in [2.45, 2.75) is 26.8 Å². The highest BCUT2D eigenvalue weighted by molar-refractivity contribution is 7.11. The van der Waals surface area contributed by atoms with Crippen LogP contribution in [-0.2, 0) is 0 Å². The van der Waals surface area contributed by atoms with Gasteiger partial charge in [-0.15, -0.1) is 11.3 Å². The van der Waals surface area contributed by atoms with E-state index < -0.39 is 5.95 Å². The Morgan fingerprint density at radius 1 is 1.29 bits per heavy atom. The molecule has 0 aliphatic carbocycles. The molecule has 1 unspecified atom stereocenters. The topological polar surface area (TPSA) is 37.8 Å². The Morgan fingerprint density at radius 3 is 2.65 bits per heavy atom. The quantitative estimate of drug-likeness (QED) is 0.849. The maximum Gasteiger partial charge on any atom is 0.214 e. The third kappa shape index (κ3) is 2.79. The van der Waals surface area contributed by atoms with Gasteiger partial charge in [0.15, 0.2) is 0 Å². The Balaban J connectivity index is 2.16. The van der Waals surface area contributed by atoms with Gasteiger partial charge in [0.2, 0.25) is 5.95 Å². The Bertz CT molecular complexity index is 524. The van der Waals surface area contributed by atoms with Crippen LogP contribution >= 0.6 is 11.3 Å². The van der Waals surface area contributed by atoms with Crippen LogP contribution in [-0.4, -0.2) is 9.97 Å².